The van der Waals surface area contributed by atoms with Gasteiger partial charge in [0.25, 0.3) is 10.0 Å². The highest BCUT2D eigenvalue weighted by atomic mass is 79.9. The lowest BCUT2D eigenvalue weighted by Gasteiger charge is -2.14. The molecular formula is C14H11BrClF2NO4S. The number of hydrogen-bond donors (Lipinski definition) is 1. The Balaban J connectivity index is 2.51. The summed E-state index contributed by atoms with van der Waals surface area (Å²) < 4.78 is 63.9. The maximum absolute atomic E-state index is 13.9. The van der Waals surface area contributed by atoms with Crippen LogP contribution < -0.4 is 14.2 Å². The third-order valence-corrected chi connectivity index (χ3v) is 5.59. The average Bonchev–Trinajstić information content (AvgIpc) is 2.47. The van der Waals surface area contributed by atoms with Crippen LogP contribution in [0.5, 0.6) is 11.5 Å². The molecule has 0 aliphatic rings. The Labute approximate surface area is 150 Å². The van der Waals surface area contributed by atoms with E-state index in [4.69, 9.17) is 21.1 Å². The van der Waals surface area contributed by atoms with Gasteiger partial charge in [-0.05, 0) is 22.0 Å². The Morgan fingerprint density at radius 3 is 2.21 bits per heavy atom. The molecule has 0 fully saturated rings. The Bertz CT molecular complexity index is 870. The van der Waals surface area contributed by atoms with Crippen LogP contribution in [-0.4, -0.2) is 22.6 Å². The second-order valence-corrected chi connectivity index (χ2v) is 7.37. The highest BCUT2D eigenvalue weighted by Crippen LogP contribution is 2.37. The first-order chi connectivity index (χ1) is 11.2. The first-order valence-electron chi connectivity index (χ1n) is 6.28. The van der Waals surface area contributed by atoms with Crippen molar-refractivity contribution in [3.8, 4) is 11.5 Å². The molecule has 10 heteroatoms. The van der Waals surface area contributed by atoms with Crippen LogP contribution in [0.15, 0.2) is 33.6 Å². The summed E-state index contributed by atoms with van der Waals surface area (Å²) in [5.41, 5.74) is -0.0510. The zero-order valence-electron chi connectivity index (χ0n) is 12.4. The van der Waals surface area contributed by atoms with Gasteiger partial charge in [0.05, 0.1) is 24.9 Å². The summed E-state index contributed by atoms with van der Waals surface area (Å²) in [5.74, 6) is -1.65. The molecule has 24 heavy (non-hydrogen) atoms. The van der Waals surface area contributed by atoms with E-state index in [1.54, 1.807) is 0 Å². The predicted octanol–water partition coefficient (Wildman–Crippen LogP) is 4.20. The van der Waals surface area contributed by atoms with Crippen LogP contribution >= 0.6 is 27.5 Å². The summed E-state index contributed by atoms with van der Waals surface area (Å²) in [6.45, 7) is 0. The molecule has 0 heterocycles. The van der Waals surface area contributed by atoms with Crippen LogP contribution in [0.3, 0.4) is 0 Å². The third kappa shape index (κ3) is 3.73. The van der Waals surface area contributed by atoms with Crippen molar-refractivity contribution < 1.29 is 26.7 Å². The van der Waals surface area contributed by atoms with E-state index >= 15 is 0 Å². The van der Waals surface area contributed by atoms with Gasteiger partial charge < -0.3 is 9.47 Å². The lowest BCUT2D eigenvalue weighted by atomic mass is 10.3. The molecule has 0 saturated heterocycles. The van der Waals surface area contributed by atoms with Gasteiger partial charge in [-0.3, -0.25) is 4.72 Å². The minimum absolute atomic E-state index is 0.00914. The molecular weight excluding hydrogens is 432 g/mol. The molecule has 2 aromatic rings. The quantitative estimate of drug-likeness (QED) is 0.754. The van der Waals surface area contributed by atoms with E-state index in [-0.39, 0.29) is 20.9 Å². The number of nitrogens with one attached hydrogen (secondary N) is 1. The Hall–Kier alpha value is -1.58. The van der Waals surface area contributed by atoms with Gasteiger partial charge in [-0.2, -0.15) is 0 Å². The van der Waals surface area contributed by atoms with Crippen molar-refractivity contribution in [1.82, 2.24) is 0 Å². The van der Waals surface area contributed by atoms with E-state index in [9.17, 15) is 17.2 Å². The topological polar surface area (TPSA) is 64.6 Å². The van der Waals surface area contributed by atoms with Crippen LogP contribution in [0.25, 0.3) is 0 Å². The van der Waals surface area contributed by atoms with E-state index in [0.29, 0.717) is 11.8 Å². The van der Waals surface area contributed by atoms with Gasteiger partial charge in [0.2, 0.25) is 0 Å². The summed E-state index contributed by atoms with van der Waals surface area (Å²) in [4.78, 5) is -0.741. The van der Waals surface area contributed by atoms with Crippen molar-refractivity contribution in [1.29, 1.82) is 0 Å². The van der Waals surface area contributed by atoms with E-state index < -0.39 is 26.6 Å². The summed E-state index contributed by atoms with van der Waals surface area (Å²) >= 11 is 8.85. The van der Waals surface area contributed by atoms with Crippen LogP contribution in [0, 0.1) is 11.6 Å². The molecule has 0 aromatic heterocycles. The lowest BCUT2D eigenvalue weighted by molar-refractivity contribution is 0.355. The van der Waals surface area contributed by atoms with Crippen LogP contribution in [0.1, 0.15) is 0 Å². The minimum atomic E-state index is -4.38. The van der Waals surface area contributed by atoms with Gasteiger partial charge in [-0.15, -0.1) is 0 Å². The molecule has 0 unspecified atom stereocenters. The molecule has 0 atom stereocenters. The molecule has 0 bridgehead atoms. The largest absolute Gasteiger partial charge is 0.493 e. The summed E-state index contributed by atoms with van der Waals surface area (Å²) in [6.07, 6.45) is 0. The summed E-state index contributed by atoms with van der Waals surface area (Å²) in [7, 11) is -1.62. The third-order valence-electron chi connectivity index (χ3n) is 2.95. The fourth-order valence-corrected chi connectivity index (χ4v) is 4.41. The number of hydrogen-bond acceptors (Lipinski definition) is 4. The smallest absolute Gasteiger partial charge is 0.266 e. The van der Waals surface area contributed by atoms with E-state index in [0.717, 1.165) is 6.07 Å². The second-order valence-electron chi connectivity index (χ2n) is 4.49. The fraction of sp³-hybridized carbons (Fsp3) is 0.143. The number of ether oxygens (including phenoxy) is 2. The van der Waals surface area contributed by atoms with Crippen LogP contribution in [0.2, 0.25) is 5.02 Å². The molecule has 5 nitrogen and oxygen atoms in total. The van der Waals surface area contributed by atoms with E-state index in [2.05, 4.69) is 20.7 Å². The van der Waals surface area contributed by atoms with Crippen molar-refractivity contribution in [2.45, 2.75) is 4.90 Å². The fourth-order valence-electron chi connectivity index (χ4n) is 1.91. The normalized spacial score (nSPS) is 11.2. The second kappa shape index (κ2) is 7.12. The lowest BCUT2D eigenvalue weighted by Crippen LogP contribution is -2.16. The maximum Gasteiger partial charge on any atom is 0.266 e. The standard InChI is InChI=1S/C14H11BrClF2NO4S/c1-22-12-5-9(16)11(6-13(12)23-2)19-24(20,21)14-8(15)3-7(17)4-10(14)18/h3-6,19H,1-2H3. The molecule has 0 aliphatic carbocycles. The SMILES string of the molecule is COc1cc(Cl)c(NS(=O)(=O)c2c(F)cc(F)cc2Br)cc1OC. The van der Waals surface area contributed by atoms with Crippen molar-refractivity contribution >= 4 is 43.2 Å². The zero-order chi connectivity index (χ0) is 18.1. The Morgan fingerprint density at radius 1 is 1.08 bits per heavy atom. The van der Waals surface area contributed by atoms with Gasteiger partial charge in [0.1, 0.15) is 16.5 Å². The molecule has 1 N–H and O–H groups in total. The first kappa shape index (κ1) is 18.8. The summed E-state index contributed by atoms with van der Waals surface area (Å²) in [6, 6.07) is 3.94. The number of rotatable bonds is 5. The summed E-state index contributed by atoms with van der Waals surface area (Å²) in [5, 5.41) is 0.00914. The van der Waals surface area contributed by atoms with Crippen molar-refractivity contribution in [2.75, 3.05) is 18.9 Å². The number of methoxy groups -OCH3 is 2. The van der Waals surface area contributed by atoms with Gasteiger partial charge in [-0.25, -0.2) is 17.2 Å². The Kier molecular flexibility index (Phi) is 5.56. The van der Waals surface area contributed by atoms with Crippen molar-refractivity contribution in [2.24, 2.45) is 0 Å². The van der Waals surface area contributed by atoms with Gasteiger partial charge in [-0.1, -0.05) is 11.6 Å². The molecule has 2 rings (SSSR count). The highest BCUT2D eigenvalue weighted by molar-refractivity contribution is 9.10. The molecule has 0 spiro atoms. The average molecular weight is 443 g/mol. The highest BCUT2D eigenvalue weighted by Gasteiger charge is 2.25. The van der Waals surface area contributed by atoms with Gasteiger partial charge >= 0.3 is 0 Å². The van der Waals surface area contributed by atoms with Crippen LogP contribution in [0.4, 0.5) is 14.5 Å². The molecule has 0 amide bonds. The minimum Gasteiger partial charge on any atom is -0.493 e. The van der Waals surface area contributed by atoms with Gasteiger partial charge in [0, 0.05) is 22.7 Å². The molecule has 0 radical (unpaired) electrons. The first-order valence-corrected chi connectivity index (χ1v) is 8.94. The monoisotopic (exact) mass is 441 g/mol. The van der Waals surface area contributed by atoms with Crippen molar-refractivity contribution in [3.63, 3.8) is 0 Å². The van der Waals surface area contributed by atoms with E-state index in [1.807, 2.05) is 0 Å². The molecule has 0 saturated carbocycles. The number of sulfonamides is 1. The maximum atomic E-state index is 13.9. The molecule has 130 valence electrons. The number of halogens is 4. The van der Waals surface area contributed by atoms with Crippen LogP contribution in [-0.2, 0) is 10.0 Å². The van der Waals surface area contributed by atoms with Gasteiger partial charge in [0.15, 0.2) is 11.5 Å². The molecule has 0 aliphatic heterocycles. The number of anilines is 1. The Morgan fingerprint density at radius 2 is 1.67 bits per heavy atom. The molecule has 2 aromatic carbocycles. The van der Waals surface area contributed by atoms with Crippen molar-refractivity contribution in [3.05, 3.63) is 45.4 Å². The van der Waals surface area contributed by atoms with E-state index in [1.165, 1.54) is 26.4 Å². The predicted molar refractivity (Wildman–Crippen MR) is 89.4 cm³/mol. The zero-order valence-corrected chi connectivity index (χ0v) is 15.5. The number of benzene rings is 2.